The summed E-state index contributed by atoms with van der Waals surface area (Å²) < 4.78 is 6.15. The van der Waals surface area contributed by atoms with E-state index in [4.69, 9.17) is 4.74 Å². The number of benzene rings is 2. The topological polar surface area (TPSA) is 32.3 Å². The molecule has 0 saturated carbocycles. The third kappa shape index (κ3) is 2.66. The SMILES string of the molecule is C[N+](C)([O-])CCOC12CCC(c3ccccc31)c1ccccc12.Cl. The number of likely N-dealkylation sites (N-methyl/N-ethyl adjacent to an activating group) is 1. The lowest BCUT2D eigenvalue weighted by atomic mass is 9.61. The summed E-state index contributed by atoms with van der Waals surface area (Å²) in [5.74, 6) is 0.486. The first kappa shape index (κ1) is 17.4. The Bertz CT molecular complexity index is 691. The lowest BCUT2D eigenvalue weighted by molar-refractivity contribution is -0.840. The second-order valence-electron chi connectivity index (χ2n) is 7.24. The van der Waals surface area contributed by atoms with Gasteiger partial charge in [0.25, 0.3) is 0 Å². The van der Waals surface area contributed by atoms with Crippen molar-refractivity contribution in [1.29, 1.82) is 0 Å². The second-order valence-corrected chi connectivity index (χ2v) is 7.24. The zero-order chi connectivity index (χ0) is 16.1. The van der Waals surface area contributed by atoms with Crippen LogP contribution in [0.3, 0.4) is 0 Å². The van der Waals surface area contributed by atoms with E-state index in [0.717, 1.165) is 12.8 Å². The molecule has 3 aliphatic rings. The van der Waals surface area contributed by atoms with Crippen LogP contribution in [-0.2, 0) is 10.3 Å². The van der Waals surface area contributed by atoms with Crippen molar-refractivity contribution in [2.45, 2.75) is 24.4 Å². The first-order valence-electron chi connectivity index (χ1n) is 8.38. The molecule has 0 amide bonds. The Hall–Kier alpha value is -1.39. The number of nitrogens with zero attached hydrogens (tertiary/aromatic N) is 1. The van der Waals surface area contributed by atoms with Gasteiger partial charge in [-0.2, -0.15) is 0 Å². The number of hydrogen-bond donors (Lipinski definition) is 0. The van der Waals surface area contributed by atoms with Crippen molar-refractivity contribution in [2.75, 3.05) is 27.2 Å². The molecule has 0 aromatic heterocycles. The monoisotopic (exact) mass is 345 g/mol. The van der Waals surface area contributed by atoms with Gasteiger partial charge in [-0.25, -0.2) is 0 Å². The van der Waals surface area contributed by atoms with Crippen LogP contribution >= 0.6 is 12.4 Å². The van der Waals surface area contributed by atoms with E-state index in [2.05, 4.69) is 48.5 Å². The molecular weight excluding hydrogens is 322 g/mol. The number of hydrogen-bond acceptors (Lipinski definition) is 2. The molecule has 2 aromatic carbocycles. The molecule has 0 aliphatic heterocycles. The number of ether oxygens (including phenoxy) is 1. The summed E-state index contributed by atoms with van der Waals surface area (Å²) in [5, 5.41) is 11.9. The van der Waals surface area contributed by atoms with Crippen LogP contribution in [0, 0.1) is 5.21 Å². The molecule has 0 saturated heterocycles. The fourth-order valence-corrected chi connectivity index (χ4v) is 4.25. The Kier molecular flexibility index (Phi) is 4.47. The van der Waals surface area contributed by atoms with Crippen LogP contribution in [0.2, 0.25) is 0 Å². The molecule has 0 fully saturated rings. The summed E-state index contributed by atoms with van der Waals surface area (Å²) in [7, 11) is 3.33. The van der Waals surface area contributed by atoms with E-state index in [9.17, 15) is 5.21 Å². The van der Waals surface area contributed by atoms with Gasteiger partial charge in [0.05, 0.1) is 20.7 Å². The fourth-order valence-electron chi connectivity index (χ4n) is 4.25. The highest BCUT2D eigenvalue weighted by molar-refractivity contribution is 5.85. The van der Waals surface area contributed by atoms with Crippen molar-refractivity contribution in [3.05, 3.63) is 76.0 Å². The summed E-state index contributed by atoms with van der Waals surface area (Å²) in [6.45, 7) is 0.944. The molecular formula is C20H24ClNO2. The van der Waals surface area contributed by atoms with E-state index < -0.39 is 0 Å². The molecule has 2 bridgehead atoms. The molecule has 0 N–H and O–H groups in total. The number of rotatable bonds is 4. The van der Waals surface area contributed by atoms with E-state index in [1.165, 1.54) is 22.3 Å². The highest BCUT2D eigenvalue weighted by Crippen LogP contribution is 2.56. The van der Waals surface area contributed by atoms with Crippen molar-refractivity contribution >= 4 is 12.4 Å². The van der Waals surface area contributed by atoms with Crippen molar-refractivity contribution < 1.29 is 9.38 Å². The van der Waals surface area contributed by atoms with Crippen LogP contribution in [0.5, 0.6) is 0 Å². The Balaban J connectivity index is 0.00000169. The van der Waals surface area contributed by atoms with E-state index in [0.29, 0.717) is 19.1 Å². The molecule has 0 spiro atoms. The van der Waals surface area contributed by atoms with Crippen molar-refractivity contribution in [1.82, 2.24) is 0 Å². The van der Waals surface area contributed by atoms with E-state index in [1.807, 2.05) is 0 Å². The van der Waals surface area contributed by atoms with Crippen LogP contribution in [0.15, 0.2) is 48.5 Å². The minimum atomic E-state index is -0.378. The Morgan fingerprint density at radius 2 is 1.58 bits per heavy atom. The first-order chi connectivity index (χ1) is 11.0. The maximum absolute atomic E-state index is 11.9. The van der Waals surface area contributed by atoms with Crippen LogP contribution in [-0.4, -0.2) is 31.9 Å². The van der Waals surface area contributed by atoms with Crippen LogP contribution in [0.25, 0.3) is 0 Å². The van der Waals surface area contributed by atoms with Gasteiger partial charge in [0, 0.05) is 5.92 Å². The number of halogens is 1. The smallest absolute Gasteiger partial charge is 0.119 e. The summed E-state index contributed by atoms with van der Waals surface area (Å²) in [4.78, 5) is 0. The predicted octanol–water partition coefficient (Wildman–Crippen LogP) is 4.18. The van der Waals surface area contributed by atoms with Gasteiger partial charge in [-0.15, -0.1) is 12.4 Å². The molecule has 0 heterocycles. The summed E-state index contributed by atoms with van der Waals surface area (Å²) >= 11 is 0. The first-order valence-corrected chi connectivity index (χ1v) is 8.38. The maximum Gasteiger partial charge on any atom is 0.119 e. The summed E-state index contributed by atoms with van der Waals surface area (Å²) in [6.07, 6.45) is 2.11. The van der Waals surface area contributed by atoms with E-state index >= 15 is 0 Å². The van der Waals surface area contributed by atoms with Gasteiger partial charge in [-0.05, 0) is 35.1 Å². The molecule has 0 atom stereocenters. The van der Waals surface area contributed by atoms with Crippen LogP contribution in [0.4, 0.5) is 0 Å². The zero-order valence-electron chi connectivity index (χ0n) is 14.2. The number of hydroxylamine groups is 3. The van der Waals surface area contributed by atoms with Gasteiger partial charge in [-0.3, -0.25) is 0 Å². The maximum atomic E-state index is 11.9. The third-order valence-corrected chi connectivity index (χ3v) is 5.31. The fraction of sp³-hybridized carbons (Fsp3) is 0.400. The molecule has 2 aromatic rings. The lowest BCUT2D eigenvalue weighted by Crippen LogP contribution is -2.44. The van der Waals surface area contributed by atoms with Gasteiger partial charge >= 0.3 is 0 Å². The molecule has 3 aliphatic carbocycles. The van der Waals surface area contributed by atoms with Gasteiger partial charge in [0.1, 0.15) is 12.1 Å². The Labute approximate surface area is 149 Å². The molecule has 3 nitrogen and oxygen atoms in total. The number of fused-ring (bicyclic) bond motifs is 1. The molecule has 4 heteroatoms. The zero-order valence-corrected chi connectivity index (χ0v) is 15.0. The Morgan fingerprint density at radius 3 is 2.12 bits per heavy atom. The minimum absolute atomic E-state index is 0. The van der Waals surface area contributed by atoms with Crippen LogP contribution < -0.4 is 0 Å². The second kappa shape index (κ2) is 6.16. The van der Waals surface area contributed by atoms with Gasteiger partial charge in [0.2, 0.25) is 0 Å². The van der Waals surface area contributed by atoms with Gasteiger partial charge < -0.3 is 14.6 Å². The van der Waals surface area contributed by atoms with E-state index in [-0.39, 0.29) is 22.7 Å². The quantitative estimate of drug-likeness (QED) is 0.615. The minimum Gasteiger partial charge on any atom is -0.633 e. The van der Waals surface area contributed by atoms with Gasteiger partial charge in [-0.1, -0.05) is 48.5 Å². The average molecular weight is 346 g/mol. The normalized spacial score (nSPS) is 24.0. The third-order valence-electron chi connectivity index (χ3n) is 5.31. The molecule has 0 radical (unpaired) electrons. The summed E-state index contributed by atoms with van der Waals surface area (Å²) in [5.41, 5.74) is 5.01. The van der Waals surface area contributed by atoms with Crippen LogP contribution in [0.1, 0.15) is 41.0 Å². The molecule has 0 unspecified atom stereocenters. The predicted molar refractivity (Wildman–Crippen MR) is 98.3 cm³/mol. The van der Waals surface area contributed by atoms with Crippen molar-refractivity contribution in [3.8, 4) is 0 Å². The van der Waals surface area contributed by atoms with Crippen molar-refractivity contribution in [2.24, 2.45) is 0 Å². The molecule has 24 heavy (non-hydrogen) atoms. The average Bonchev–Trinajstić information content (AvgIpc) is 2.55. The standard InChI is InChI=1S/C20H23NO2.ClH/c1-21(2,22)13-14-23-20-12-11-15(16-7-3-5-9-18(16)20)17-8-4-6-10-19(17)20;/h3-10,15H,11-14H2,1-2H3;1H. The van der Waals surface area contributed by atoms with Crippen molar-refractivity contribution in [3.63, 3.8) is 0 Å². The highest BCUT2D eigenvalue weighted by Gasteiger charge is 2.49. The summed E-state index contributed by atoms with van der Waals surface area (Å²) in [6, 6.07) is 17.3. The highest BCUT2D eigenvalue weighted by atomic mass is 35.5. The largest absolute Gasteiger partial charge is 0.633 e. The number of quaternary nitrogens is 1. The van der Waals surface area contributed by atoms with Gasteiger partial charge in [0.15, 0.2) is 0 Å². The molecule has 5 rings (SSSR count). The Morgan fingerprint density at radius 1 is 1.04 bits per heavy atom. The lowest BCUT2D eigenvalue weighted by Gasteiger charge is -2.49. The molecule has 128 valence electrons. The van der Waals surface area contributed by atoms with E-state index in [1.54, 1.807) is 14.1 Å².